The summed E-state index contributed by atoms with van der Waals surface area (Å²) in [4.78, 5) is 30.0. The van der Waals surface area contributed by atoms with Crippen molar-refractivity contribution in [2.75, 3.05) is 25.5 Å². The van der Waals surface area contributed by atoms with E-state index >= 15 is 0 Å². The van der Waals surface area contributed by atoms with Gasteiger partial charge in [0, 0.05) is 18.0 Å². The minimum atomic E-state index is -0.189. The molecule has 0 N–H and O–H groups in total. The molecule has 1 aliphatic rings. The molecule has 0 saturated carbocycles. The van der Waals surface area contributed by atoms with Crippen LogP contribution in [0.5, 0.6) is 0 Å². The number of rotatable bonds is 6. The van der Waals surface area contributed by atoms with Gasteiger partial charge in [-0.25, -0.2) is 0 Å². The highest BCUT2D eigenvalue weighted by atomic mass is 35.5. The maximum absolute atomic E-state index is 13.1. The zero-order valence-electron chi connectivity index (χ0n) is 14.9. The van der Waals surface area contributed by atoms with Gasteiger partial charge in [-0.15, -0.1) is 22.9 Å². The number of halogens is 1. The minimum Gasteiger partial charge on any atom is -0.332 e. The predicted octanol–water partition coefficient (Wildman–Crippen LogP) is 3.70. The summed E-state index contributed by atoms with van der Waals surface area (Å²) >= 11 is 7.46. The summed E-state index contributed by atoms with van der Waals surface area (Å²) in [6.45, 7) is 3.29. The summed E-state index contributed by atoms with van der Waals surface area (Å²) < 4.78 is 0. The van der Waals surface area contributed by atoms with Crippen molar-refractivity contribution in [1.29, 1.82) is 0 Å². The zero-order chi connectivity index (χ0) is 18.5. The zero-order valence-corrected chi connectivity index (χ0v) is 16.4. The Morgan fingerprint density at radius 1 is 1.27 bits per heavy atom. The Balaban J connectivity index is 1.87. The fraction of sp³-hybridized carbons (Fsp3) is 0.400. The number of alkyl halides is 1. The van der Waals surface area contributed by atoms with Crippen molar-refractivity contribution in [2.45, 2.75) is 25.8 Å². The standard InChI is InChI=1S/C20H23ClN2O2S/c1-2-10-22(18(24)13-21)14-19(25)23-11-8-17-16(9-12-26-17)20(23)15-6-4-3-5-7-15/h3-7,9,12,20H,2,8,10-11,13-14H2,1H3. The van der Waals surface area contributed by atoms with Gasteiger partial charge < -0.3 is 9.80 Å². The quantitative estimate of drug-likeness (QED) is 0.705. The molecule has 1 atom stereocenters. The normalized spacial score (nSPS) is 16.2. The summed E-state index contributed by atoms with van der Waals surface area (Å²) in [5.74, 6) is -0.307. The summed E-state index contributed by atoms with van der Waals surface area (Å²) in [6.07, 6.45) is 1.66. The molecule has 4 nitrogen and oxygen atoms in total. The van der Waals surface area contributed by atoms with E-state index in [1.54, 1.807) is 16.2 Å². The maximum atomic E-state index is 13.1. The first-order valence-corrected chi connectivity index (χ1v) is 10.3. The number of benzene rings is 1. The second-order valence-electron chi connectivity index (χ2n) is 6.40. The number of hydrogen-bond acceptors (Lipinski definition) is 3. The van der Waals surface area contributed by atoms with Gasteiger partial charge in [-0.2, -0.15) is 0 Å². The van der Waals surface area contributed by atoms with E-state index in [0.29, 0.717) is 13.1 Å². The first-order valence-electron chi connectivity index (χ1n) is 8.90. The van der Waals surface area contributed by atoms with Crippen molar-refractivity contribution >= 4 is 34.8 Å². The van der Waals surface area contributed by atoms with Crippen LogP contribution in [-0.4, -0.2) is 47.1 Å². The molecule has 1 aromatic heterocycles. The van der Waals surface area contributed by atoms with Gasteiger partial charge in [0.05, 0.1) is 12.6 Å². The SMILES string of the molecule is CCCN(CC(=O)N1CCc2sccc2C1c1ccccc1)C(=O)CCl. The van der Waals surface area contributed by atoms with Gasteiger partial charge in [0.15, 0.2) is 0 Å². The topological polar surface area (TPSA) is 40.6 Å². The van der Waals surface area contributed by atoms with Gasteiger partial charge >= 0.3 is 0 Å². The van der Waals surface area contributed by atoms with Crippen LogP contribution in [-0.2, 0) is 16.0 Å². The van der Waals surface area contributed by atoms with E-state index in [1.165, 1.54) is 10.4 Å². The number of carbonyl (C=O) groups is 2. The Hall–Kier alpha value is -1.85. The van der Waals surface area contributed by atoms with Crippen molar-refractivity contribution in [1.82, 2.24) is 9.80 Å². The average molecular weight is 391 g/mol. The Labute approximate surface area is 163 Å². The fourth-order valence-electron chi connectivity index (χ4n) is 3.48. The number of amides is 2. The van der Waals surface area contributed by atoms with Crippen molar-refractivity contribution in [3.63, 3.8) is 0 Å². The van der Waals surface area contributed by atoms with E-state index in [9.17, 15) is 9.59 Å². The first-order chi connectivity index (χ1) is 12.7. The number of thiophene rings is 1. The van der Waals surface area contributed by atoms with Gasteiger partial charge in [-0.3, -0.25) is 9.59 Å². The molecule has 0 saturated heterocycles. The molecule has 1 aromatic carbocycles. The molecule has 6 heteroatoms. The molecule has 0 aliphatic carbocycles. The number of nitrogens with zero attached hydrogens (tertiary/aromatic N) is 2. The maximum Gasteiger partial charge on any atom is 0.242 e. The number of carbonyl (C=O) groups excluding carboxylic acids is 2. The van der Waals surface area contributed by atoms with Crippen LogP contribution < -0.4 is 0 Å². The van der Waals surface area contributed by atoms with Crippen molar-refractivity contribution in [3.8, 4) is 0 Å². The van der Waals surface area contributed by atoms with Crippen LogP contribution in [0.4, 0.5) is 0 Å². The smallest absolute Gasteiger partial charge is 0.242 e. The lowest BCUT2D eigenvalue weighted by Gasteiger charge is -2.37. The highest BCUT2D eigenvalue weighted by Crippen LogP contribution is 2.37. The molecule has 1 aliphatic heterocycles. The average Bonchev–Trinajstić information content (AvgIpc) is 3.15. The van der Waals surface area contributed by atoms with E-state index in [-0.39, 0.29) is 30.3 Å². The summed E-state index contributed by atoms with van der Waals surface area (Å²) in [6, 6.07) is 12.1. The second kappa shape index (κ2) is 8.69. The highest BCUT2D eigenvalue weighted by Gasteiger charge is 2.33. The Morgan fingerprint density at radius 2 is 2.04 bits per heavy atom. The molecular weight excluding hydrogens is 368 g/mol. The third kappa shape index (κ3) is 3.94. The fourth-order valence-corrected chi connectivity index (χ4v) is 4.55. The van der Waals surface area contributed by atoms with Gasteiger partial charge in [0.2, 0.25) is 11.8 Å². The lowest BCUT2D eigenvalue weighted by molar-refractivity contribution is -0.140. The molecule has 0 fully saturated rings. The molecule has 3 rings (SSSR count). The van der Waals surface area contributed by atoms with Crippen molar-refractivity contribution in [3.05, 3.63) is 57.8 Å². The summed E-state index contributed by atoms with van der Waals surface area (Å²) in [5, 5.41) is 2.09. The molecular formula is C20H23ClN2O2S. The third-order valence-electron chi connectivity index (χ3n) is 4.69. The van der Waals surface area contributed by atoms with Crippen molar-refractivity contribution in [2.24, 2.45) is 0 Å². The van der Waals surface area contributed by atoms with Crippen LogP contribution in [0.3, 0.4) is 0 Å². The number of fused-ring (bicyclic) bond motifs is 1. The van der Waals surface area contributed by atoms with Crippen LogP contribution in [0, 0.1) is 0 Å². The lowest BCUT2D eigenvalue weighted by Crippen LogP contribution is -2.47. The van der Waals surface area contributed by atoms with Crippen LogP contribution >= 0.6 is 22.9 Å². The molecule has 2 amide bonds. The molecule has 1 unspecified atom stereocenters. The third-order valence-corrected chi connectivity index (χ3v) is 5.91. The van der Waals surface area contributed by atoms with E-state index in [1.807, 2.05) is 30.0 Å². The van der Waals surface area contributed by atoms with Gasteiger partial charge in [-0.1, -0.05) is 37.3 Å². The molecule has 138 valence electrons. The Morgan fingerprint density at radius 3 is 2.73 bits per heavy atom. The second-order valence-corrected chi connectivity index (χ2v) is 7.67. The van der Waals surface area contributed by atoms with Crippen molar-refractivity contribution < 1.29 is 9.59 Å². The highest BCUT2D eigenvalue weighted by molar-refractivity contribution is 7.10. The van der Waals surface area contributed by atoms with Gasteiger partial charge in [0.1, 0.15) is 5.88 Å². The van der Waals surface area contributed by atoms with E-state index in [0.717, 1.165) is 18.4 Å². The molecule has 0 spiro atoms. The molecule has 2 aromatic rings. The molecule has 2 heterocycles. The monoisotopic (exact) mass is 390 g/mol. The van der Waals surface area contributed by atoms with Gasteiger partial charge in [0.25, 0.3) is 0 Å². The first kappa shape index (κ1) is 18.9. The summed E-state index contributed by atoms with van der Waals surface area (Å²) in [7, 11) is 0. The van der Waals surface area contributed by atoms with Crippen LogP contribution in [0.15, 0.2) is 41.8 Å². The van der Waals surface area contributed by atoms with Crippen LogP contribution in [0.2, 0.25) is 0 Å². The van der Waals surface area contributed by atoms with Crippen LogP contribution in [0.25, 0.3) is 0 Å². The largest absolute Gasteiger partial charge is 0.332 e. The molecule has 26 heavy (non-hydrogen) atoms. The Bertz CT molecular complexity index is 762. The lowest BCUT2D eigenvalue weighted by atomic mass is 9.93. The van der Waals surface area contributed by atoms with E-state index in [2.05, 4.69) is 23.6 Å². The molecule has 0 bridgehead atoms. The Kier molecular flexibility index (Phi) is 6.33. The summed E-state index contributed by atoms with van der Waals surface area (Å²) in [5.41, 5.74) is 2.30. The van der Waals surface area contributed by atoms with Gasteiger partial charge in [-0.05, 0) is 35.4 Å². The van der Waals surface area contributed by atoms with Crippen LogP contribution in [0.1, 0.15) is 35.4 Å². The van der Waals surface area contributed by atoms with E-state index < -0.39 is 0 Å². The predicted molar refractivity (Wildman–Crippen MR) is 106 cm³/mol. The molecule has 0 radical (unpaired) electrons. The van der Waals surface area contributed by atoms with E-state index in [4.69, 9.17) is 11.6 Å². The minimum absolute atomic E-state index is 0.0254. The number of hydrogen-bond donors (Lipinski definition) is 0.